The molecule has 0 radical (unpaired) electrons. The normalized spacial score (nSPS) is 21.8. The van der Waals surface area contributed by atoms with E-state index in [9.17, 15) is 0 Å². The smallest absolute Gasteiger partial charge is 0.119 e. The first-order valence-corrected chi connectivity index (χ1v) is 17.6. The summed E-state index contributed by atoms with van der Waals surface area (Å²) in [6.45, 7) is 6.70. The molecule has 5 heteroatoms. The van der Waals surface area contributed by atoms with Crippen molar-refractivity contribution >= 4 is 21.4 Å². The summed E-state index contributed by atoms with van der Waals surface area (Å²) in [7, 11) is 0. The van der Waals surface area contributed by atoms with Crippen LogP contribution in [0.3, 0.4) is 0 Å². The van der Waals surface area contributed by atoms with E-state index in [4.69, 9.17) is 9.47 Å². The highest BCUT2D eigenvalue weighted by Gasteiger charge is 2.32. The molecule has 2 atom stereocenters. The van der Waals surface area contributed by atoms with Crippen molar-refractivity contribution in [2.45, 2.75) is 76.4 Å². The van der Waals surface area contributed by atoms with E-state index in [-0.39, 0.29) is 0 Å². The van der Waals surface area contributed by atoms with Crippen molar-refractivity contribution in [1.29, 1.82) is 0 Å². The topological polar surface area (TPSA) is 24.9 Å². The first kappa shape index (κ1) is 28.9. The Kier molecular flexibility index (Phi) is 9.30. The summed E-state index contributed by atoms with van der Waals surface area (Å²) in [6.07, 6.45) is 13.0. The molecule has 1 aromatic heterocycles. The maximum absolute atomic E-state index is 6.69. The average Bonchev–Trinajstić information content (AvgIpc) is 3.71. The van der Waals surface area contributed by atoms with E-state index in [1.54, 1.807) is 0 Å². The minimum absolute atomic E-state index is 0.317. The first-order chi connectivity index (χ1) is 21.3. The highest BCUT2D eigenvalue weighted by atomic mass is 32.1. The van der Waals surface area contributed by atoms with Gasteiger partial charge < -0.3 is 9.47 Å². The molecule has 1 saturated carbocycles. The molecule has 3 fully saturated rings. The van der Waals surface area contributed by atoms with Crippen LogP contribution in [-0.2, 0) is 6.42 Å². The van der Waals surface area contributed by atoms with Crippen LogP contribution in [0.2, 0.25) is 0 Å². The Balaban J connectivity index is 1.04. The standard InChI is InChI=1S/C38H46N2O2S/c1-6-24-40(25-7-1)35-11-3-4-12-36(35)42-32-18-14-29(15-19-32)28-34-33-10-2-5-13-37(33)43-38(34)30-16-20-31(21-17-30)41-27-26-39-22-8-9-23-39/h2,5,10,13-21,35-36H,1,3-4,6-9,11-12,22-28H2/t35-,36-/m1/s1. The molecule has 43 heavy (non-hydrogen) atoms. The van der Waals surface area contributed by atoms with Crippen molar-refractivity contribution in [1.82, 2.24) is 9.80 Å². The Morgan fingerprint density at radius 2 is 1.42 bits per heavy atom. The van der Waals surface area contributed by atoms with Gasteiger partial charge in [-0.2, -0.15) is 0 Å². The zero-order chi connectivity index (χ0) is 28.8. The van der Waals surface area contributed by atoms with Gasteiger partial charge in [-0.25, -0.2) is 0 Å². The molecular weight excluding hydrogens is 548 g/mol. The quantitative estimate of drug-likeness (QED) is 0.183. The van der Waals surface area contributed by atoms with Crippen LogP contribution in [0, 0.1) is 0 Å². The molecule has 3 aromatic carbocycles. The Bertz CT molecular complexity index is 1450. The van der Waals surface area contributed by atoms with Gasteiger partial charge >= 0.3 is 0 Å². The molecule has 7 rings (SSSR count). The van der Waals surface area contributed by atoms with Crippen LogP contribution >= 0.6 is 11.3 Å². The summed E-state index contributed by atoms with van der Waals surface area (Å²) in [5.74, 6) is 1.98. The molecule has 3 aliphatic rings. The fourth-order valence-electron chi connectivity index (χ4n) is 7.46. The lowest BCUT2D eigenvalue weighted by Gasteiger charge is -2.41. The number of hydrogen-bond acceptors (Lipinski definition) is 5. The van der Waals surface area contributed by atoms with E-state index in [2.05, 4.69) is 82.6 Å². The molecule has 0 N–H and O–H groups in total. The maximum Gasteiger partial charge on any atom is 0.119 e. The van der Waals surface area contributed by atoms with Crippen LogP contribution < -0.4 is 9.47 Å². The molecule has 1 aliphatic carbocycles. The molecule has 2 aliphatic heterocycles. The van der Waals surface area contributed by atoms with Crippen molar-refractivity contribution in [2.75, 3.05) is 39.3 Å². The molecule has 0 unspecified atom stereocenters. The SMILES string of the molecule is c1ccc2c(Cc3ccc(O[C@@H]4CCCC[C@H]4N4CCCCC4)cc3)c(-c3ccc(OCCN4CCCC4)cc3)sc2c1. The van der Waals surface area contributed by atoms with Crippen LogP contribution in [0.15, 0.2) is 72.8 Å². The number of hydrogen-bond donors (Lipinski definition) is 0. The fourth-order valence-corrected chi connectivity index (χ4v) is 8.68. The minimum atomic E-state index is 0.317. The summed E-state index contributed by atoms with van der Waals surface area (Å²) in [5.41, 5.74) is 4.01. The summed E-state index contributed by atoms with van der Waals surface area (Å²) >= 11 is 1.90. The summed E-state index contributed by atoms with van der Waals surface area (Å²) in [6, 6.07) is 27.2. The van der Waals surface area contributed by atoms with Crippen molar-refractivity contribution in [3.8, 4) is 21.9 Å². The highest BCUT2D eigenvalue weighted by Crippen LogP contribution is 2.40. The number of benzene rings is 3. The number of likely N-dealkylation sites (tertiary alicyclic amines) is 2. The second-order valence-electron chi connectivity index (χ2n) is 12.8. The molecule has 2 saturated heterocycles. The summed E-state index contributed by atoms with van der Waals surface area (Å²) < 4.78 is 14.1. The first-order valence-electron chi connectivity index (χ1n) is 16.8. The molecule has 0 bridgehead atoms. The highest BCUT2D eigenvalue weighted by molar-refractivity contribution is 7.22. The van der Waals surface area contributed by atoms with E-state index < -0.39 is 0 Å². The number of piperidine rings is 1. The predicted octanol–water partition coefficient (Wildman–Crippen LogP) is 8.81. The molecule has 4 nitrogen and oxygen atoms in total. The number of rotatable bonds is 10. The average molecular weight is 595 g/mol. The Hall–Kier alpha value is -2.86. The summed E-state index contributed by atoms with van der Waals surface area (Å²) in [5, 5.41) is 1.36. The third-order valence-electron chi connectivity index (χ3n) is 9.81. The lowest BCUT2D eigenvalue weighted by Crippen LogP contribution is -2.49. The van der Waals surface area contributed by atoms with Gasteiger partial charge in [0, 0.05) is 22.2 Å². The monoisotopic (exact) mass is 594 g/mol. The van der Waals surface area contributed by atoms with E-state index >= 15 is 0 Å². The summed E-state index contributed by atoms with van der Waals surface area (Å²) in [4.78, 5) is 6.58. The zero-order valence-corrected chi connectivity index (χ0v) is 26.3. The number of ether oxygens (including phenoxy) is 2. The van der Waals surface area contributed by atoms with E-state index in [0.717, 1.165) is 31.1 Å². The van der Waals surface area contributed by atoms with Crippen LogP contribution in [0.25, 0.3) is 20.5 Å². The maximum atomic E-state index is 6.69. The number of thiophene rings is 1. The van der Waals surface area contributed by atoms with Crippen molar-refractivity contribution in [2.24, 2.45) is 0 Å². The van der Waals surface area contributed by atoms with Crippen molar-refractivity contribution in [3.63, 3.8) is 0 Å². The lowest BCUT2D eigenvalue weighted by molar-refractivity contribution is 0.0261. The van der Waals surface area contributed by atoms with E-state index in [0.29, 0.717) is 12.1 Å². The van der Waals surface area contributed by atoms with Gasteiger partial charge in [0.15, 0.2) is 0 Å². The van der Waals surface area contributed by atoms with Gasteiger partial charge in [0.25, 0.3) is 0 Å². The van der Waals surface area contributed by atoms with Crippen molar-refractivity contribution in [3.05, 3.63) is 83.9 Å². The number of fused-ring (bicyclic) bond motifs is 1. The molecular formula is C38H46N2O2S. The van der Waals surface area contributed by atoms with Crippen LogP contribution in [0.5, 0.6) is 11.5 Å². The third kappa shape index (κ3) is 6.95. The minimum Gasteiger partial charge on any atom is -0.492 e. The Morgan fingerprint density at radius 1 is 0.698 bits per heavy atom. The zero-order valence-electron chi connectivity index (χ0n) is 25.5. The van der Waals surface area contributed by atoms with Gasteiger partial charge in [-0.1, -0.05) is 43.2 Å². The van der Waals surface area contributed by atoms with Gasteiger partial charge in [0.05, 0.1) is 0 Å². The van der Waals surface area contributed by atoms with Gasteiger partial charge in [0.1, 0.15) is 24.2 Å². The molecule has 4 aromatic rings. The third-order valence-corrected chi connectivity index (χ3v) is 11.1. The van der Waals surface area contributed by atoms with E-state index in [1.165, 1.54) is 116 Å². The molecule has 0 amide bonds. The molecule has 0 spiro atoms. The largest absolute Gasteiger partial charge is 0.492 e. The lowest BCUT2D eigenvalue weighted by atomic mass is 9.90. The van der Waals surface area contributed by atoms with Gasteiger partial charge in [-0.15, -0.1) is 11.3 Å². The molecule has 226 valence electrons. The second kappa shape index (κ2) is 13.8. The van der Waals surface area contributed by atoms with Crippen LogP contribution in [-0.4, -0.2) is 61.3 Å². The Labute approximate surface area is 261 Å². The van der Waals surface area contributed by atoms with Gasteiger partial charge in [0.2, 0.25) is 0 Å². The number of nitrogens with zero attached hydrogens (tertiary/aromatic N) is 2. The van der Waals surface area contributed by atoms with Crippen molar-refractivity contribution < 1.29 is 9.47 Å². The van der Waals surface area contributed by atoms with Crippen LogP contribution in [0.1, 0.15) is 68.9 Å². The molecule has 3 heterocycles. The second-order valence-corrected chi connectivity index (χ2v) is 13.8. The Morgan fingerprint density at radius 3 is 2.23 bits per heavy atom. The van der Waals surface area contributed by atoms with Crippen LogP contribution in [0.4, 0.5) is 0 Å². The van der Waals surface area contributed by atoms with E-state index in [1.807, 2.05) is 11.3 Å². The van der Waals surface area contributed by atoms with Gasteiger partial charge in [-0.05, 0) is 142 Å². The van der Waals surface area contributed by atoms with Gasteiger partial charge in [-0.3, -0.25) is 9.80 Å². The predicted molar refractivity (Wildman–Crippen MR) is 180 cm³/mol. The fraction of sp³-hybridized carbons (Fsp3) is 0.474.